The Balaban J connectivity index is 1.40. The van der Waals surface area contributed by atoms with Crippen LogP contribution in [0.3, 0.4) is 0 Å². The van der Waals surface area contributed by atoms with Crippen LogP contribution in [0.5, 0.6) is 0 Å². The van der Waals surface area contributed by atoms with Gasteiger partial charge in [0.1, 0.15) is 18.2 Å². The summed E-state index contributed by atoms with van der Waals surface area (Å²) >= 11 is 0. The predicted octanol–water partition coefficient (Wildman–Crippen LogP) is 6.45. The summed E-state index contributed by atoms with van der Waals surface area (Å²) in [6.45, 7) is 9.04. The second kappa shape index (κ2) is 11.6. The summed E-state index contributed by atoms with van der Waals surface area (Å²) in [5.74, 6) is 1.32. The lowest BCUT2D eigenvalue weighted by Crippen LogP contribution is -2.36. The fraction of sp³-hybridized carbons (Fsp3) is 0.467. The number of nitrogens with one attached hydrogen (secondary N) is 1. The zero-order valence-corrected chi connectivity index (χ0v) is 21.7. The highest BCUT2D eigenvalue weighted by atomic mass is 16.5. The number of carbonyl (C=O) groups excluding carboxylic acids is 2. The van der Waals surface area contributed by atoms with E-state index >= 15 is 0 Å². The van der Waals surface area contributed by atoms with Crippen molar-refractivity contribution < 1.29 is 14.3 Å². The van der Waals surface area contributed by atoms with Crippen LogP contribution in [-0.4, -0.2) is 27.8 Å². The van der Waals surface area contributed by atoms with Crippen molar-refractivity contribution in [3.8, 4) is 0 Å². The minimum atomic E-state index is -0.467. The molecule has 4 atom stereocenters. The van der Waals surface area contributed by atoms with E-state index in [9.17, 15) is 9.59 Å². The third kappa shape index (κ3) is 6.28. The van der Waals surface area contributed by atoms with Crippen molar-refractivity contribution in [3.63, 3.8) is 0 Å². The van der Waals surface area contributed by atoms with Crippen molar-refractivity contribution in [3.05, 3.63) is 66.0 Å². The van der Waals surface area contributed by atoms with Crippen molar-refractivity contribution >= 4 is 28.5 Å². The van der Waals surface area contributed by atoms with Gasteiger partial charge in [-0.25, -0.2) is 9.97 Å². The van der Waals surface area contributed by atoms with E-state index in [0.29, 0.717) is 35.4 Å². The maximum Gasteiger partial charge on any atom is 0.306 e. The van der Waals surface area contributed by atoms with Crippen LogP contribution in [-0.2, 0) is 16.1 Å². The molecular formula is C30H37N3O3. The minimum absolute atomic E-state index is 0.0530. The van der Waals surface area contributed by atoms with Crippen LogP contribution in [0.25, 0.3) is 10.9 Å². The van der Waals surface area contributed by atoms with E-state index in [1.165, 1.54) is 12.7 Å². The number of Topliss-reactive ketones (excluding diaryl/α,β-unsaturated/α-hetero) is 1. The van der Waals surface area contributed by atoms with Crippen LogP contribution in [0.15, 0.2) is 54.9 Å². The average Bonchev–Trinajstić information content (AvgIpc) is 2.87. The number of hydrogen-bond acceptors (Lipinski definition) is 6. The Morgan fingerprint density at radius 2 is 1.83 bits per heavy atom. The fourth-order valence-corrected chi connectivity index (χ4v) is 5.23. The van der Waals surface area contributed by atoms with E-state index in [2.05, 4.69) is 48.2 Å². The molecule has 4 rings (SSSR count). The number of esters is 1. The number of ether oxygens (including phenoxy) is 1. The van der Waals surface area contributed by atoms with E-state index < -0.39 is 5.92 Å². The molecule has 1 aliphatic carbocycles. The first-order chi connectivity index (χ1) is 17.3. The Bertz CT molecular complexity index is 1190. The number of aromatic nitrogens is 2. The van der Waals surface area contributed by atoms with Gasteiger partial charge in [-0.2, -0.15) is 0 Å². The summed E-state index contributed by atoms with van der Waals surface area (Å²) in [5.41, 5.74) is 2.39. The first kappa shape index (κ1) is 25.8. The number of carbonyl (C=O) groups is 2. The van der Waals surface area contributed by atoms with Crippen molar-refractivity contribution in [2.75, 3.05) is 5.32 Å². The molecule has 1 heterocycles. The summed E-state index contributed by atoms with van der Waals surface area (Å²) in [6.07, 6.45) is 4.71. The van der Waals surface area contributed by atoms with Gasteiger partial charge in [0.2, 0.25) is 0 Å². The highest BCUT2D eigenvalue weighted by Gasteiger charge is 2.34. The van der Waals surface area contributed by atoms with Crippen LogP contribution in [0.1, 0.15) is 69.3 Å². The molecule has 36 heavy (non-hydrogen) atoms. The van der Waals surface area contributed by atoms with E-state index in [0.717, 1.165) is 29.6 Å². The number of rotatable bonds is 9. The Hall–Kier alpha value is -3.28. The van der Waals surface area contributed by atoms with E-state index in [1.54, 1.807) is 19.1 Å². The van der Waals surface area contributed by atoms with Crippen LogP contribution >= 0.6 is 0 Å². The van der Waals surface area contributed by atoms with Gasteiger partial charge in [-0.15, -0.1) is 0 Å². The quantitative estimate of drug-likeness (QED) is 0.276. The molecule has 1 saturated carbocycles. The first-order valence-electron chi connectivity index (χ1n) is 13.1. The molecule has 1 aliphatic rings. The number of ketones is 1. The van der Waals surface area contributed by atoms with Crippen molar-refractivity contribution in [2.24, 2.45) is 23.7 Å². The van der Waals surface area contributed by atoms with E-state index in [-0.39, 0.29) is 24.3 Å². The molecule has 0 saturated heterocycles. The summed E-state index contributed by atoms with van der Waals surface area (Å²) in [4.78, 5) is 34.7. The highest BCUT2D eigenvalue weighted by Crippen LogP contribution is 2.35. The molecule has 0 amide bonds. The van der Waals surface area contributed by atoms with Crippen LogP contribution in [0.2, 0.25) is 0 Å². The maximum atomic E-state index is 13.2. The number of hydrogen-bond donors (Lipinski definition) is 1. The number of fused-ring (bicyclic) bond motifs is 1. The molecule has 0 bridgehead atoms. The maximum absolute atomic E-state index is 13.2. The third-order valence-corrected chi connectivity index (χ3v) is 7.39. The van der Waals surface area contributed by atoms with Gasteiger partial charge >= 0.3 is 5.97 Å². The van der Waals surface area contributed by atoms with Gasteiger partial charge in [0.15, 0.2) is 5.78 Å². The number of nitrogens with zero attached hydrogens (tertiary/aromatic N) is 2. The molecule has 0 aliphatic heterocycles. The molecule has 6 nitrogen and oxygen atoms in total. The Morgan fingerprint density at radius 3 is 2.58 bits per heavy atom. The lowest BCUT2D eigenvalue weighted by atomic mass is 9.75. The monoisotopic (exact) mass is 487 g/mol. The normalized spacial score (nSPS) is 20.8. The van der Waals surface area contributed by atoms with Crippen molar-refractivity contribution in [1.82, 2.24) is 9.97 Å². The number of anilines is 1. The average molecular weight is 488 g/mol. The van der Waals surface area contributed by atoms with Crippen molar-refractivity contribution in [2.45, 2.75) is 66.0 Å². The Labute approximate surface area is 213 Å². The lowest BCUT2D eigenvalue weighted by molar-refractivity contribution is -0.156. The predicted molar refractivity (Wildman–Crippen MR) is 143 cm³/mol. The molecule has 2 aromatic carbocycles. The summed E-state index contributed by atoms with van der Waals surface area (Å²) < 4.78 is 5.92. The molecule has 0 spiro atoms. The highest BCUT2D eigenvalue weighted by molar-refractivity contribution is 6.02. The van der Waals surface area contributed by atoms with Gasteiger partial charge in [0.25, 0.3) is 0 Å². The molecule has 0 unspecified atom stereocenters. The standard InChI is InChI=1S/C30H37N3O3/c1-19(2)24-12-10-20(3)14-27(24)36-28(34)15-21(4)29(35)23-11-13-25-26(16-23)32-18-33-30(25)31-17-22-8-6-5-7-9-22/h5-9,11,13,16,18-21,24,27H,10,12,14-15,17H2,1-4H3,(H,31,32,33)/t20-,21-,24+,27-/m1/s1. The molecule has 190 valence electrons. The smallest absolute Gasteiger partial charge is 0.306 e. The Kier molecular flexibility index (Phi) is 8.34. The van der Waals surface area contributed by atoms with Gasteiger partial charge in [0, 0.05) is 23.4 Å². The molecule has 6 heteroatoms. The first-order valence-corrected chi connectivity index (χ1v) is 13.1. The largest absolute Gasteiger partial charge is 0.462 e. The topological polar surface area (TPSA) is 81.2 Å². The zero-order chi connectivity index (χ0) is 25.7. The van der Waals surface area contributed by atoms with E-state index in [4.69, 9.17) is 4.74 Å². The second-order valence-electron chi connectivity index (χ2n) is 10.6. The number of benzene rings is 2. The second-order valence-corrected chi connectivity index (χ2v) is 10.6. The summed E-state index contributed by atoms with van der Waals surface area (Å²) in [7, 11) is 0. The zero-order valence-electron chi connectivity index (χ0n) is 21.7. The fourth-order valence-electron chi connectivity index (χ4n) is 5.23. The molecular weight excluding hydrogens is 450 g/mol. The SMILES string of the molecule is CC(C)[C@@H]1CC[C@@H](C)C[C@H]1OC(=O)C[C@@H](C)C(=O)c1ccc2c(NCc3ccccc3)ncnc2c1. The molecule has 1 N–H and O–H groups in total. The Morgan fingerprint density at radius 1 is 1.06 bits per heavy atom. The molecule has 3 aromatic rings. The molecule has 1 fully saturated rings. The van der Waals surface area contributed by atoms with Gasteiger partial charge < -0.3 is 10.1 Å². The van der Waals surface area contributed by atoms with Crippen molar-refractivity contribution in [1.29, 1.82) is 0 Å². The van der Waals surface area contributed by atoms with Crippen LogP contribution in [0.4, 0.5) is 5.82 Å². The minimum Gasteiger partial charge on any atom is -0.462 e. The lowest BCUT2D eigenvalue weighted by Gasteiger charge is -2.36. The van der Waals surface area contributed by atoms with Crippen LogP contribution in [0, 0.1) is 23.7 Å². The van der Waals surface area contributed by atoms with Gasteiger partial charge in [-0.1, -0.05) is 70.5 Å². The van der Waals surface area contributed by atoms with Crippen LogP contribution < -0.4 is 5.32 Å². The van der Waals surface area contributed by atoms with Gasteiger partial charge in [-0.05, 0) is 48.3 Å². The van der Waals surface area contributed by atoms with Gasteiger partial charge in [-0.3, -0.25) is 9.59 Å². The van der Waals surface area contributed by atoms with E-state index in [1.807, 2.05) is 24.3 Å². The summed E-state index contributed by atoms with van der Waals surface area (Å²) in [6, 6.07) is 15.5. The molecule has 0 radical (unpaired) electrons. The third-order valence-electron chi connectivity index (χ3n) is 7.39. The van der Waals surface area contributed by atoms with Gasteiger partial charge in [0.05, 0.1) is 11.9 Å². The summed E-state index contributed by atoms with van der Waals surface area (Å²) in [5, 5.41) is 4.21. The molecule has 1 aromatic heterocycles.